The number of furan rings is 1. The van der Waals surface area contributed by atoms with E-state index in [0.29, 0.717) is 5.39 Å². The van der Waals surface area contributed by atoms with Crippen molar-refractivity contribution in [3.63, 3.8) is 0 Å². The molecule has 0 saturated heterocycles. The molecule has 2 heterocycles. The summed E-state index contributed by atoms with van der Waals surface area (Å²) in [4.78, 5) is 2.34. The molecule has 11 rings (SSSR count). The van der Waals surface area contributed by atoms with Crippen molar-refractivity contribution in [2.75, 3.05) is 4.90 Å². The molecule has 0 aliphatic carbocycles. The summed E-state index contributed by atoms with van der Waals surface area (Å²) in [6.07, 6.45) is 0. The lowest BCUT2D eigenvalue weighted by Crippen LogP contribution is -2.11. The van der Waals surface area contributed by atoms with Crippen LogP contribution in [-0.2, 0) is 0 Å². The molecule has 0 unspecified atom stereocenters. The molecule has 0 bridgehead atoms. The van der Waals surface area contributed by atoms with Crippen LogP contribution in [0.5, 0.6) is 0 Å². The van der Waals surface area contributed by atoms with Crippen molar-refractivity contribution < 1.29 is 8.81 Å². The third-order valence-corrected chi connectivity index (χ3v) is 11.3. The molecule has 4 heteroatoms. The van der Waals surface area contributed by atoms with Gasteiger partial charge >= 0.3 is 0 Å². The summed E-state index contributed by atoms with van der Waals surface area (Å²) in [5, 5.41) is 3.77. The molecule has 0 fully saturated rings. The Bertz CT molecular complexity index is 3290. The van der Waals surface area contributed by atoms with Crippen molar-refractivity contribution in [2.45, 2.75) is 0 Å². The quantitative estimate of drug-likeness (QED) is 0.162. The van der Waals surface area contributed by atoms with Gasteiger partial charge in [-0.2, -0.15) is 0 Å². The first-order chi connectivity index (χ1) is 28.7. The van der Waals surface area contributed by atoms with E-state index in [1.54, 1.807) is 12.1 Å². The Morgan fingerprint density at radius 3 is 1.72 bits per heavy atom. The van der Waals surface area contributed by atoms with E-state index in [4.69, 9.17) is 4.42 Å². The van der Waals surface area contributed by atoms with Crippen LogP contribution in [0.3, 0.4) is 0 Å². The van der Waals surface area contributed by atoms with Crippen LogP contribution in [0.25, 0.3) is 82.8 Å². The summed E-state index contributed by atoms with van der Waals surface area (Å²) in [6.45, 7) is 0. The average Bonchev–Trinajstić information content (AvgIpc) is 3.84. The molecule has 0 N–H and O–H groups in total. The minimum Gasteiger partial charge on any atom is -0.456 e. The normalized spacial score (nSPS) is 11.5. The Labute approximate surface area is 335 Å². The Morgan fingerprint density at radius 1 is 0.379 bits per heavy atom. The first-order valence-corrected chi connectivity index (χ1v) is 19.5. The van der Waals surface area contributed by atoms with Crippen molar-refractivity contribution in [1.29, 1.82) is 0 Å². The molecule has 0 saturated carbocycles. The fraction of sp³-hybridized carbons (Fsp3) is 0. The summed E-state index contributed by atoms with van der Waals surface area (Å²) in [5.41, 5.74) is 14.4. The second kappa shape index (κ2) is 13.8. The highest BCUT2D eigenvalue weighted by Crippen LogP contribution is 2.44. The van der Waals surface area contributed by atoms with Gasteiger partial charge in [-0.15, -0.1) is 0 Å². The maximum atomic E-state index is 15.4. The second-order valence-corrected chi connectivity index (χ2v) is 14.6. The van der Waals surface area contributed by atoms with Gasteiger partial charge in [-0.25, -0.2) is 4.39 Å². The lowest BCUT2D eigenvalue weighted by atomic mass is 9.98. The van der Waals surface area contributed by atoms with Crippen LogP contribution in [-0.4, -0.2) is 4.57 Å². The van der Waals surface area contributed by atoms with Gasteiger partial charge in [0.2, 0.25) is 0 Å². The first-order valence-electron chi connectivity index (χ1n) is 19.5. The van der Waals surface area contributed by atoms with E-state index < -0.39 is 0 Å². The number of nitrogens with zero attached hydrogens (tertiary/aromatic N) is 2. The monoisotopic (exact) mass is 746 g/mol. The van der Waals surface area contributed by atoms with E-state index in [9.17, 15) is 0 Å². The van der Waals surface area contributed by atoms with Gasteiger partial charge in [0.1, 0.15) is 17.0 Å². The van der Waals surface area contributed by atoms with Crippen LogP contribution >= 0.6 is 0 Å². The summed E-state index contributed by atoms with van der Waals surface area (Å²) in [6, 6.07) is 73.1. The second-order valence-electron chi connectivity index (χ2n) is 14.6. The molecule has 58 heavy (non-hydrogen) atoms. The summed E-state index contributed by atoms with van der Waals surface area (Å²) in [5.74, 6) is -0.217. The van der Waals surface area contributed by atoms with Crippen molar-refractivity contribution in [3.05, 3.63) is 218 Å². The topological polar surface area (TPSA) is 21.3 Å². The minimum atomic E-state index is -0.217. The van der Waals surface area contributed by atoms with Gasteiger partial charge in [0.15, 0.2) is 0 Å². The van der Waals surface area contributed by atoms with E-state index in [0.717, 1.165) is 94.5 Å². The predicted molar refractivity (Wildman–Crippen MR) is 239 cm³/mol. The summed E-state index contributed by atoms with van der Waals surface area (Å²) < 4.78 is 23.8. The number of rotatable bonds is 7. The molecule has 2 aromatic heterocycles. The fourth-order valence-electron chi connectivity index (χ4n) is 8.70. The number of hydrogen-bond acceptors (Lipinski definition) is 2. The highest BCUT2D eigenvalue weighted by molar-refractivity contribution is 6.13. The molecule has 0 radical (unpaired) electrons. The zero-order valence-electron chi connectivity index (χ0n) is 31.4. The molecular weight excluding hydrogens is 712 g/mol. The smallest absolute Gasteiger partial charge is 0.136 e. The third kappa shape index (κ3) is 5.49. The van der Waals surface area contributed by atoms with E-state index in [2.05, 4.69) is 167 Å². The molecule has 0 aliphatic heterocycles. The fourth-order valence-corrected chi connectivity index (χ4v) is 8.70. The number of aromatic nitrogens is 1. The van der Waals surface area contributed by atoms with E-state index in [1.807, 2.05) is 42.5 Å². The SMILES string of the molecule is Fc1cccc2c1c1ccccc1n2-c1ccccc1-c1ccc(N(c2ccc(-c3cccc4oc5ccccc5c34)cc2)c2ccccc2-c2ccccc2)cc1. The summed E-state index contributed by atoms with van der Waals surface area (Å²) in [7, 11) is 0. The van der Waals surface area contributed by atoms with Crippen LogP contribution in [0.1, 0.15) is 0 Å². The number of anilines is 3. The van der Waals surface area contributed by atoms with Gasteiger partial charge in [0, 0.05) is 44.0 Å². The number of fused-ring (bicyclic) bond motifs is 6. The number of halogens is 1. The predicted octanol–water partition coefficient (Wildman–Crippen LogP) is 15.3. The molecule has 0 atom stereocenters. The maximum Gasteiger partial charge on any atom is 0.136 e. The molecule has 3 nitrogen and oxygen atoms in total. The zero-order valence-corrected chi connectivity index (χ0v) is 31.4. The molecule has 274 valence electrons. The van der Waals surface area contributed by atoms with Crippen LogP contribution < -0.4 is 4.90 Å². The zero-order chi connectivity index (χ0) is 38.6. The molecule has 0 aliphatic rings. The minimum absolute atomic E-state index is 0.217. The Hall–Kier alpha value is -7.69. The number of benzene rings is 9. The first kappa shape index (κ1) is 33.6. The molecule has 9 aromatic carbocycles. The summed E-state index contributed by atoms with van der Waals surface area (Å²) >= 11 is 0. The van der Waals surface area contributed by atoms with Gasteiger partial charge in [-0.3, -0.25) is 0 Å². The third-order valence-electron chi connectivity index (χ3n) is 11.3. The van der Waals surface area contributed by atoms with Crippen molar-refractivity contribution >= 4 is 60.8 Å². The average molecular weight is 747 g/mol. The van der Waals surface area contributed by atoms with Gasteiger partial charge in [-0.05, 0) is 89.0 Å². The standard InChI is InChI=1S/C54H35FN2O/c55-46-21-13-25-50-54(46)44-18-6-10-24-49(44)57(50)48-23-9-5-17-42(48)37-28-32-39(33-29-37)56(47-22-8-4-16-41(47)36-14-2-1-3-15-36)40-34-30-38(31-35-40)43-20-12-27-52-53(43)45-19-7-11-26-51(45)58-52/h1-35H. The Kier molecular flexibility index (Phi) is 8.00. The molecule has 0 spiro atoms. The van der Waals surface area contributed by atoms with Gasteiger partial charge in [0.25, 0.3) is 0 Å². The van der Waals surface area contributed by atoms with Gasteiger partial charge in [-0.1, -0.05) is 146 Å². The Balaban J connectivity index is 1.04. The number of hydrogen-bond donors (Lipinski definition) is 0. The number of para-hydroxylation sites is 4. The van der Waals surface area contributed by atoms with Crippen molar-refractivity contribution in [2.24, 2.45) is 0 Å². The lowest BCUT2D eigenvalue weighted by Gasteiger charge is -2.28. The Morgan fingerprint density at radius 2 is 0.931 bits per heavy atom. The van der Waals surface area contributed by atoms with Gasteiger partial charge in [0.05, 0.1) is 22.4 Å². The van der Waals surface area contributed by atoms with E-state index in [1.165, 1.54) is 0 Å². The van der Waals surface area contributed by atoms with Crippen LogP contribution in [0.2, 0.25) is 0 Å². The lowest BCUT2D eigenvalue weighted by molar-refractivity contribution is 0.640. The van der Waals surface area contributed by atoms with Crippen LogP contribution in [0, 0.1) is 5.82 Å². The van der Waals surface area contributed by atoms with Gasteiger partial charge < -0.3 is 13.9 Å². The molecular formula is C54H35FN2O. The largest absolute Gasteiger partial charge is 0.456 e. The van der Waals surface area contributed by atoms with Crippen LogP contribution in [0.4, 0.5) is 21.5 Å². The van der Waals surface area contributed by atoms with E-state index in [-0.39, 0.29) is 5.82 Å². The van der Waals surface area contributed by atoms with Crippen LogP contribution in [0.15, 0.2) is 217 Å². The highest BCUT2D eigenvalue weighted by atomic mass is 19.1. The van der Waals surface area contributed by atoms with E-state index >= 15 is 4.39 Å². The maximum absolute atomic E-state index is 15.4. The van der Waals surface area contributed by atoms with Crippen molar-refractivity contribution in [3.8, 4) is 39.1 Å². The molecule has 0 amide bonds. The highest BCUT2D eigenvalue weighted by Gasteiger charge is 2.20. The molecule has 11 aromatic rings. The van der Waals surface area contributed by atoms with Crippen molar-refractivity contribution in [1.82, 2.24) is 4.57 Å².